The van der Waals surface area contributed by atoms with Crippen molar-refractivity contribution in [1.82, 2.24) is 13.9 Å². The van der Waals surface area contributed by atoms with Gasteiger partial charge in [-0.2, -0.15) is 12.7 Å². The van der Waals surface area contributed by atoms with E-state index >= 15 is 0 Å². The van der Waals surface area contributed by atoms with Crippen LogP contribution in [0, 0.1) is 5.82 Å². The Labute approximate surface area is 195 Å². The molecule has 0 atom stereocenters. The first-order chi connectivity index (χ1) is 15.4. The third kappa shape index (κ3) is 4.47. The van der Waals surface area contributed by atoms with Gasteiger partial charge in [0.2, 0.25) is 0 Å². The Kier molecular flexibility index (Phi) is 5.97. The SMILES string of the molecule is Cn1cnc2ccc(Oc3c(F)ccc(NS(=O)(=O)N4CCC(F)(F)C4)c3Cl)c(Cl)c2c1=O. The third-order valence-electron chi connectivity index (χ3n) is 4.96. The minimum absolute atomic E-state index is 0.0301. The molecule has 1 N–H and O–H groups in total. The highest BCUT2D eigenvalue weighted by atomic mass is 35.5. The number of hydrogen-bond donors (Lipinski definition) is 1. The van der Waals surface area contributed by atoms with E-state index in [9.17, 15) is 26.4 Å². The Morgan fingerprint density at radius 3 is 2.58 bits per heavy atom. The highest BCUT2D eigenvalue weighted by Gasteiger charge is 2.43. The summed E-state index contributed by atoms with van der Waals surface area (Å²) in [6, 6.07) is 4.69. The Morgan fingerprint density at radius 2 is 1.91 bits per heavy atom. The van der Waals surface area contributed by atoms with Gasteiger partial charge in [-0.1, -0.05) is 23.2 Å². The standard InChI is InChI=1S/C19H15Cl2F3N4O4S/c1-27-9-25-11-4-5-13(16(21)14(11)18(27)29)32-17-10(22)2-3-12(15(17)20)26-33(30,31)28-7-6-19(23,24)8-28/h2-5,9,26H,6-8H2,1H3. The molecule has 0 saturated carbocycles. The summed E-state index contributed by atoms with van der Waals surface area (Å²) in [5.41, 5.74) is -0.477. The molecular weight excluding hydrogens is 508 g/mol. The number of fused-ring (bicyclic) bond motifs is 1. The Balaban J connectivity index is 1.69. The van der Waals surface area contributed by atoms with Crippen molar-refractivity contribution in [1.29, 1.82) is 0 Å². The van der Waals surface area contributed by atoms with Gasteiger partial charge in [0.15, 0.2) is 11.6 Å². The van der Waals surface area contributed by atoms with Crippen molar-refractivity contribution in [3.63, 3.8) is 0 Å². The molecule has 0 bridgehead atoms. The van der Waals surface area contributed by atoms with Crippen molar-refractivity contribution in [3.05, 3.63) is 56.8 Å². The summed E-state index contributed by atoms with van der Waals surface area (Å²) < 4.78 is 75.7. The molecule has 4 rings (SSSR count). The van der Waals surface area contributed by atoms with Crippen LogP contribution in [0.25, 0.3) is 10.9 Å². The highest BCUT2D eigenvalue weighted by molar-refractivity contribution is 7.90. The molecule has 0 aliphatic carbocycles. The van der Waals surface area contributed by atoms with Crippen molar-refractivity contribution in [2.75, 3.05) is 17.8 Å². The number of halogens is 5. The van der Waals surface area contributed by atoms with Crippen LogP contribution in [-0.2, 0) is 17.3 Å². The molecule has 2 heterocycles. The lowest BCUT2D eigenvalue weighted by molar-refractivity contribution is 0.0184. The van der Waals surface area contributed by atoms with Crippen LogP contribution in [0.1, 0.15) is 6.42 Å². The van der Waals surface area contributed by atoms with Gasteiger partial charge < -0.3 is 9.30 Å². The van der Waals surface area contributed by atoms with E-state index < -0.39 is 51.2 Å². The Bertz CT molecular complexity index is 1430. The molecule has 0 radical (unpaired) electrons. The van der Waals surface area contributed by atoms with E-state index in [1.165, 1.54) is 30.1 Å². The molecule has 2 aromatic carbocycles. The summed E-state index contributed by atoms with van der Waals surface area (Å²) in [5.74, 6) is -4.81. The van der Waals surface area contributed by atoms with Crippen LogP contribution in [0.4, 0.5) is 18.9 Å². The van der Waals surface area contributed by atoms with Gasteiger partial charge in [0, 0.05) is 20.0 Å². The number of benzene rings is 2. The zero-order valence-corrected chi connectivity index (χ0v) is 19.1. The van der Waals surface area contributed by atoms with Gasteiger partial charge in [-0.15, -0.1) is 0 Å². The van der Waals surface area contributed by atoms with E-state index in [0.717, 1.165) is 12.1 Å². The minimum Gasteiger partial charge on any atom is -0.451 e. The molecule has 0 unspecified atom stereocenters. The van der Waals surface area contributed by atoms with E-state index in [-0.39, 0.29) is 33.9 Å². The third-order valence-corrected chi connectivity index (χ3v) is 7.18. The number of ether oxygens (including phenoxy) is 1. The van der Waals surface area contributed by atoms with Crippen LogP contribution < -0.4 is 15.0 Å². The number of aromatic nitrogens is 2. The zero-order valence-electron chi connectivity index (χ0n) is 16.8. The maximum absolute atomic E-state index is 14.5. The molecular formula is C19H15Cl2F3N4O4S. The predicted molar refractivity (Wildman–Crippen MR) is 117 cm³/mol. The van der Waals surface area contributed by atoms with Crippen molar-refractivity contribution < 1.29 is 26.3 Å². The van der Waals surface area contributed by atoms with Crippen LogP contribution in [-0.4, -0.2) is 41.3 Å². The van der Waals surface area contributed by atoms with E-state index in [1.54, 1.807) is 0 Å². The van der Waals surface area contributed by atoms with Gasteiger partial charge in [0.05, 0.1) is 34.5 Å². The molecule has 176 valence electrons. The van der Waals surface area contributed by atoms with Gasteiger partial charge in [0.25, 0.3) is 11.5 Å². The summed E-state index contributed by atoms with van der Waals surface area (Å²) in [4.78, 5) is 16.5. The highest BCUT2D eigenvalue weighted by Crippen LogP contribution is 2.41. The number of rotatable bonds is 5. The molecule has 1 aromatic heterocycles. The Morgan fingerprint density at radius 1 is 1.18 bits per heavy atom. The van der Waals surface area contributed by atoms with E-state index in [2.05, 4.69) is 9.71 Å². The first-order valence-corrected chi connectivity index (χ1v) is 11.5. The van der Waals surface area contributed by atoms with Crippen LogP contribution in [0.2, 0.25) is 10.0 Å². The lowest BCUT2D eigenvalue weighted by Gasteiger charge is -2.19. The molecule has 14 heteroatoms. The predicted octanol–water partition coefficient (Wildman–Crippen LogP) is 4.17. The second-order valence-electron chi connectivity index (χ2n) is 7.32. The monoisotopic (exact) mass is 522 g/mol. The number of nitrogens with one attached hydrogen (secondary N) is 1. The van der Waals surface area contributed by atoms with Crippen LogP contribution in [0.3, 0.4) is 0 Å². The molecule has 3 aromatic rings. The molecule has 1 fully saturated rings. The first kappa shape index (κ1) is 23.6. The first-order valence-electron chi connectivity index (χ1n) is 9.35. The normalized spacial score (nSPS) is 16.3. The Hall–Kier alpha value is -2.54. The maximum atomic E-state index is 14.5. The van der Waals surface area contributed by atoms with Gasteiger partial charge in [-0.25, -0.2) is 18.2 Å². The molecule has 1 saturated heterocycles. The van der Waals surface area contributed by atoms with Gasteiger partial charge in [-0.05, 0) is 24.3 Å². The van der Waals surface area contributed by atoms with E-state index in [4.69, 9.17) is 27.9 Å². The zero-order chi connectivity index (χ0) is 24.1. The number of anilines is 1. The molecule has 0 amide bonds. The van der Waals surface area contributed by atoms with Gasteiger partial charge >= 0.3 is 10.2 Å². The molecule has 1 aliphatic rings. The second kappa shape index (κ2) is 8.35. The fourth-order valence-electron chi connectivity index (χ4n) is 3.24. The molecule has 0 spiro atoms. The van der Waals surface area contributed by atoms with Crippen molar-refractivity contribution in [3.8, 4) is 11.5 Å². The fraction of sp³-hybridized carbons (Fsp3) is 0.263. The van der Waals surface area contributed by atoms with Crippen LogP contribution in [0.5, 0.6) is 11.5 Å². The number of alkyl halides is 2. The summed E-state index contributed by atoms with van der Waals surface area (Å²) >= 11 is 12.5. The lowest BCUT2D eigenvalue weighted by Crippen LogP contribution is -2.35. The summed E-state index contributed by atoms with van der Waals surface area (Å²) in [6.45, 7) is -1.37. The largest absolute Gasteiger partial charge is 0.451 e. The van der Waals surface area contributed by atoms with Crippen molar-refractivity contribution in [2.24, 2.45) is 7.05 Å². The summed E-state index contributed by atoms with van der Waals surface area (Å²) in [7, 11) is -2.92. The lowest BCUT2D eigenvalue weighted by atomic mass is 10.2. The summed E-state index contributed by atoms with van der Waals surface area (Å²) in [6.07, 6.45) is 0.693. The average Bonchev–Trinajstić information content (AvgIpc) is 3.12. The van der Waals surface area contributed by atoms with Crippen molar-refractivity contribution in [2.45, 2.75) is 12.3 Å². The summed E-state index contributed by atoms with van der Waals surface area (Å²) in [5, 5.41) is -0.593. The number of hydrogen-bond acceptors (Lipinski definition) is 5. The van der Waals surface area contributed by atoms with E-state index in [0.29, 0.717) is 4.31 Å². The number of aryl methyl sites for hydroxylation is 1. The average molecular weight is 523 g/mol. The smallest absolute Gasteiger partial charge is 0.301 e. The quantitative estimate of drug-likeness (QED) is 0.542. The van der Waals surface area contributed by atoms with Crippen LogP contribution in [0.15, 0.2) is 35.4 Å². The van der Waals surface area contributed by atoms with Crippen LogP contribution >= 0.6 is 23.2 Å². The number of nitrogens with zero attached hydrogens (tertiary/aromatic N) is 3. The maximum Gasteiger partial charge on any atom is 0.301 e. The molecule has 8 nitrogen and oxygen atoms in total. The van der Waals surface area contributed by atoms with Crippen molar-refractivity contribution >= 4 is 50.0 Å². The van der Waals surface area contributed by atoms with Gasteiger partial charge in [0.1, 0.15) is 10.8 Å². The van der Waals surface area contributed by atoms with Gasteiger partial charge in [-0.3, -0.25) is 9.52 Å². The van der Waals surface area contributed by atoms with E-state index in [1.807, 2.05) is 0 Å². The second-order valence-corrected chi connectivity index (χ2v) is 9.75. The molecule has 1 aliphatic heterocycles. The fourth-order valence-corrected chi connectivity index (χ4v) is 5.08. The minimum atomic E-state index is -4.39. The molecule has 33 heavy (non-hydrogen) atoms. The topological polar surface area (TPSA) is 93.5 Å².